The molecule has 1 N–H and O–H groups in total. The van der Waals surface area contributed by atoms with Crippen molar-refractivity contribution in [2.45, 2.75) is 12.5 Å². The highest BCUT2D eigenvalue weighted by molar-refractivity contribution is 5.99. The molecule has 0 spiro atoms. The van der Waals surface area contributed by atoms with Crippen molar-refractivity contribution in [3.8, 4) is 11.5 Å². The molecule has 1 atom stereocenters. The molecule has 178 valence electrons. The van der Waals surface area contributed by atoms with E-state index in [1.807, 2.05) is 60.7 Å². The van der Waals surface area contributed by atoms with Crippen molar-refractivity contribution in [2.75, 3.05) is 14.2 Å². The van der Waals surface area contributed by atoms with Crippen LogP contribution in [0, 0.1) is 0 Å². The van der Waals surface area contributed by atoms with Crippen LogP contribution in [0.1, 0.15) is 37.9 Å². The molecule has 5 nitrogen and oxygen atoms in total. The Bertz CT molecular complexity index is 1220. The number of aliphatic hydroxyl groups excluding tert-OH is 1. The van der Waals surface area contributed by atoms with Gasteiger partial charge in [0.25, 0.3) is 0 Å². The number of benzene rings is 4. The molecule has 1 unspecified atom stereocenters. The van der Waals surface area contributed by atoms with E-state index in [9.17, 15) is 14.7 Å². The van der Waals surface area contributed by atoms with Gasteiger partial charge in [0.1, 0.15) is 6.10 Å². The molecule has 5 heteroatoms. The van der Waals surface area contributed by atoms with Gasteiger partial charge in [-0.25, -0.2) is 0 Å². The number of rotatable bonds is 8. The highest BCUT2D eigenvalue weighted by Gasteiger charge is 2.18. The van der Waals surface area contributed by atoms with Gasteiger partial charge in [-0.3, -0.25) is 9.59 Å². The van der Waals surface area contributed by atoms with Gasteiger partial charge in [0.15, 0.2) is 23.1 Å². The van der Waals surface area contributed by atoms with Crippen LogP contribution in [0.2, 0.25) is 0 Å². The molecule has 4 aromatic carbocycles. The highest BCUT2D eigenvalue weighted by Crippen LogP contribution is 2.31. The largest absolute Gasteiger partial charge is 0.493 e. The maximum Gasteiger partial charge on any atom is 0.195 e. The first-order valence-corrected chi connectivity index (χ1v) is 11.2. The summed E-state index contributed by atoms with van der Waals surface area (Å²) in [5, 5.41) is 9.89. The van der Waals surface area contributed by atoms with Crippen LogP contribution in [0.3, 0.4) is 0 Å². The molecule has 0 heterocycles. The van der Waals surface area contributed by atoms with Crippen LogP contribution in [-0.4, -0.2) is 30.9 Å². The smallest absolute Gasteiger partial charge is 0.195 e. The van der Waals surface area contributed by atoms with E-state index in [2.05, 4.69) is 0 Å². The Balaban J connectivity index is 0.000000198. The zero-order chi connectivity index (χ0) is 25.0. The molecular formula is C30H28O5. The minimum Gasteiger partial charge on any atom is -0.493 e. The molecule has 0 aliphatic heterocycles. The molecule has 35 heavy (non-hydrogen) atoms. The maximum absolute atomic E-state index is 12.2. The lowest BCUT2D eigenvalue weighted by Crippen LogP contribution is -2.11. The Morgan fingerprint density at radius 2 is 1.23 bits per heavy atom. The topological polar surface area (TPSA) is 72.8 Å². The van der Waals surface area contributed by atoms with Crippen LogP contribution >= 0.6 is 0 Å². The number of Topliss-reactive ketones (excluding diaryl/α,β-unsaturated/α-hetero) is 2. The second-order valence-electron chi connectivity index (χ2n) is 7.66. The Hall–Kier alpha value is -4.22. The van der Waals surface area contributed by atoms with Gasteiger partial charge >= 0.3 is 0 Å². The molecule has 4 aromatic rings. The van der Waals surface area contributed by atoms with Crippen LogP contribution in [0.5, 0.6) is 11.5 Å². The number of ketones is 2. The zero-order valence-electron chi connectivity index (χ0n) is 19.8. The number of carbonyl (C=O) groups is 2. The summed E-state index contributed by atoms with van der Waals surface area (Å²) in [6, 6.07) is 32.5. The number of ether oxygens (including phenoxy) is 2. The number of carbonyl (C=O) groups excluding carboxylic acids is 2. The molecule has 4 rings (SSSR count). The van der Waals surface area contributed by atoms with E-state index in [0.717, 1.165) is 5.56 Å². The number of aliphatic hydroxyl groups is 1. The lowest BCUT2D eigenvalue weighted by atomic mass is 10.0. The first kappa shape index (κ1) is 25.4. The van der Waals surface area contributed by atoms with E-state index < -0.39 is 6.10 Å². The summed E-state index contributed by atoms with van der Waals surface area (Å²) < 4.78 is 10.6. The van der Waals surface area contributed by atoms with E-state index in [0.29, 0.717) is 34.6 Å². The van der Waals surface area contributed by atoms with Crippen LogP contribution in [0.4, 0.5) is 0 Å². The van der Waals surface area contributed by atoms with Crippen molar-refractivity contribution in [3.05, 3.63) is 131 Å². The van der Waals surface area contributed by atoms with Gasteiger partial charge in [0, 0.05) is 23.1 Å². The highest BCUT2D eigenvalue weighted by atomic mass is 16.5. The monoisotopic (exact) mass is 468 g/mol. The maximum atomic E-state index is 12.2. The third-order valence-corrected chi connectivity index (χ3v) is 5.35. The summed E-state index contributed by atoms with van der Waals surface area (Å²) in [4.78, 5) is 24.1. The minimum absolute atomic E-state index is 0.0622. The molecule has 0 saturated carbocycles. The van der Waals surface area contributed by atoms with Gasteiger partial charge in [0.2, 0.25) is 0 Å². The molecule has 0 bridgehead atoms. The molecule has 0 aromatic heterocycles. The standard InChI is InChI=1S/C16H16O3.C14H12O2/c1-18-15-10-6-9-13(16(15)19-2)11-14(17)12-7-4-3-5-8-12;15-13(11-7-3-1-4-8-11)14(16)12-9-5-2-6-10-12/h3-10H,11H2,1-2H3;1-10,13,15H. The van der Waals surface area contributed by atoms with Crippen molar-refractivity contribution >= 4 is 11.6 Å². The third-order valence-electron chi connectivity index (χ3n) is 5.35. The van der Waals surface area contributed by atoms with Gasteiger partial charge in [0.05, 0.1) is 14.2 Å². The number of methoxy groups -OCH3 is 2. The Kier molecular flexibility index (Phi) is 9.34. The predicted octanol–water partition coefficient (Wildman–Crippen LogP) is 5.73. The first-order chi connectivity index (χ1) is 17.0. The predicted molar refractivity (Wildman–Crippen MR) is 136 cm³/mol. The fourth-order valence-electron chi connectivity index (χ4n) is 3.54. The van der Waals surface area contributed by atoms with Crippen molar-refractivity contribution in [3.63, 3.8) is 0 Å². The van der Waals surface area contributed by atoms with E-state index in [-0.39, 0.29) is 11.6 Å². The zero-order valence-corrected chi connectivity index (χ0v) is 19.8. The molecular weight excluding hydrogens is 440 g/mol. The quantitative estimate of drug-likeness (QED) is 0.334. The fraction of sp³-hybridized carbons (Fsp3) is 0.133. The average Bonchev–Trinajstić information content (AvgIpc) is 2.93. The van der Waals surface area contributed by atoms with Crippen LogP contribution in [-0.2, 0) is 6.42 Å². The van der Waals surface area contributed by atoms with Crippen LogP contribution in [0.25, 0.3) is 0 Å². The van der Waals surface area contributed by atoms with Crippen molar-refractivity contribution in [1.29, 1.82) is 0 Å². The minimum atomic E-state index is -1.08. The summed E-state index contributed by atoms with van der Waals surface area (Å²) in [6.07, 6.45) is -0.784. The van der Waals surface area contributed by atoms with Gasteiger partial charge in [-0.2, -0.15) is 0 Å². The van der Waals surface area contributed by atoms with Gasteiger partial charge < -0.3 is 14.6 Å². The summed E-state index contributed by atoms with van der Waals surface area (Å²) in [5.41, 5.74) is 2.68. The normalized spacial score (nSPS) is 10.9. The summed E-state index contributed by atoms with van der Waals surface area (Å²) >= 11 is 0. The Morgan fingerprint density at radius 3 is 1.77 bits per heavy atom. The number of hydrogen-bond acceptors (Lipinski definition) is 5. The van der Waals surface area contributed by atoms with Crippen molar-refractivity contribution < 1.29 is 24.2 Å². The van der Waals surface area contributed by atoms with Gasteiger partial charge in [-0.05, 0) is 11.6 Å². The first-order valence-electron chi connectivity index (χ1n) is 11.2. The van der Waals surface area contributed by atoms with E-state index in [1.54, 1.807) is 62.8 Å². The fourth-order valence-corrected chi connectivity index (χ4v) is 3.54. The third kappa shape index (κ3) is 6.88. The number of para-hydroxylation sites is 1. The van der Waals surface area contributed by atoms with Crippen molar-refractivity contribution in [1.82, 2.24) is 0 Å². The average molecular weight is 469 g/mol. The van der Waals surface area contributed by atoms with Gasteiger partial charge in [-0.15, -0.1) is 0 Å². The van der Waals surface area contributed by atoms with E-state index >= 15 is 0 Å². The molecule has 0 aliphatic rings. The van der Waals surface area contributed by atoms with Crippen molar-refractivity contribution in [2.24, 2.45) is 0 Å². The second-order valence-corrected chi connectivity index (χ2v) is 7.66. The van der Waals surface area contributed by atoms with Crippen LogP contribution < -0.4 is 9.47 Å². The Morgan fingerprint density at radius 1 is 0.686 bits per heavy atom. The summed E-state index contributed by atoms with van der Waals surface area (Å²) in [5.74, 6) is 1.05. The second kappa shape index (κ2) is 12.9. The molecule has 0 saturated heterocycles. The molecule has 0 aliphatic carbocycles. The summed E-state index contributed by atoms with van der Waals surface area (Å²) in [7, 11) is 3.16. The number of hydrogen-bond donors (Lipinski definition) is 1. The van der Waals surface area contributed by atoms with E-state index in [1.165, 1.54) is 0 Å². The summed E-state index contributed by atoms with van der Waals surface area (Å²) in [6.45, 7) is 0. The van der Waals surface area contributed by atoms with E-state index in [4.69, 9.17) is 9.47 Å². The lowest BCUT2D eigenvalue weighted by Gasteiger charge is -2.12. The lowest BCUT2D eigenvalue weighted by molar-refractivity contribution is 0.0747. The molecule has 0 radical (unpaired) electrons. The molecule has 0 fully saturated rings. The van der Waals surface area contributed by atoms with Gasteiger partial charge in [-0.1, -0.05) is 103 Å². The molecule has 0 amide bonds. The van der Waals surface area contributed by atoms with Crippen LogP contribution in [0.15, 0.2) is 109 Å². The Labute approximate surface area is 205 Å². The SMILES string of the molecule is COc1cccc(CC(=O)c2ccccc2)c1OC.O=C(c1ccccc1)C(O)c1ccccc1.